The van der Waals surface area contributed by atoms with E-state index in [9.17, 15) is 4.79 Å². The van der Waals surface area contributed by atoms with Gasteiger partial charge in [0, 0.05) is 62.8 Å². The number of hydrogen-bond donors (Lipinski definition) is 1. The molecule has 172 valence electrons. The van der Waals surface area contributed by atoms with E-state index in [4.69, 9.17) is 4.98 Å². The highest BCUT2D eigenvalue weighted by atomic mass is 16.1. The third-order valence-corrected chi connectivity index (χ3v) is 7.28. The molecule has 0 atom stereocenters. The number of pyridine rings is 1. The number of aromatic nitrogens is 3. The van der Waals surface area contributed by atoms with Crippen molar-refractivity contribution in [3.8, 4) is 0 Å². The van der Waals surface area contributed by atoms with E-state index < -0.39 is 0 Å². The summed E-state index contributed by atoms with van der Waals surface area (Å²) in [6, 6.07) is 10.2. The van der Waals surface area contributed by atoms with Crippen molar-refractivity contribution in [3.05, 3.63) is 47.3 Å². The minimum absolute atomic E-state index is 0.0909. The molecule has 3 aliphatic rings. The van der Waals surface area contributed by atoms with Gasteiger partial charge in [-0.3, -0.25) is 14.4 Å². The predicted octanol–water partition coefficient (Wildman–Crippen LogP) is 3.94. The molecule has 33 heavy (non-hydrogen) atoms. The number of carbonyl (C=O) groups is 1. The van der Waals surface area contributed by atoms with Crippen molar-refractivity contribution in [1.29, 1.82) is 0 Å². The van der Waals surface area contributed by atoms with Crippen LogP contribution in [0.2, 0.25) is 0 Å². The van der Waals surface area contributed by atoms with Crippen LogP contribution in [0, 0.1) is 12.8 Å². The maximum absolute atomic E-state index is 13.4. The number of aryl methyl sites for hydroxylation is 2. The number of fused-ring (bicyclic) bond motifs is 1. The normalized spacial score (nSPS) is 19.3. The third-order valence-electron chi connectivity index (χ3n) is 7.28. The molecule has 1 amide bonds. The van der Waals surface area contributed by atoms with Crippen LogP contribution in [-0.2, 0) is 7.05 Å². The van der Waals surface area contributed by atoms with E-state index in [1.165, 1.54) is 25.1 Å². The van der Waals surface area contributed by atoms with Gasteiger partial charge in [-0.25, -0.2) is 4.98 Å². The monoisotopic (exact) mass is 444 g/mol. The smallest absolute Gasteiger partial charge is 0.256 e. The molecule has 0 bridgehead atoms. The van der Waals surface area contributed by atoms with Crippen LogP contribution in [0.5, 0.6) is 0 Å². The Labute approximate surface area is 194 Å². The van der Waals surface area contributed by atoms with Gasteiger partial charge in [-0.15, -0.1) is 0 Å². The Morgan fingerprint density at radius 3 is 2.61 bits per heavy atom. The Morgan fingerprint density at radius 2 is 1.88 bits per heavy atom. The zero-order chi connectivity index (χ0) is 22.5. The molecule has 2 aromatic heterocycles. The standard InChI is InChI=1S/C26H32N6O/c1-17-24-22(15-23(19-8-9-19)28-25(24)30(2)29-17)26(33)27-20-4-3-5-21(14-20)32-12-10-31(11-13-32)16-18-6-7-18/h3-5,14-15,18-19H,6-13,16H2,1-2H3,(H,27,33). The minimum atomic E-state index is -0.0909. The summed E-state index contributed by atoms with van der Waals surface area (Å²) in [5.41, 5.74) is 5.32. The second-order valence-corrected chi connectivity index (χ2v) is 10.0. The highest BCUT2D eigenvalue weighted by Gasteiger charge is 2.29. The number of piperazine rings is 1. The van der Waals surface area contributed by atoms with Crippen LogP contribution in [0.3, 0.4) is 0 Å². The van der Waals surface area contributed by atoms with Gasteiger partial charge in [-0.2, -0.15) is 5.10 Å². The summed E-state index contributed by atoms with van der Waals surface area (Å²) < 4.78 is 1.79. The molecule has 1 aliphatic heterocycles. The predicted molar refractivity (Wildman–Crippen MR) is 131 cm³/mol. The van der Waals surface area contributed by atoms with E-state index in [1.54, 1.807) is 4.68 Å². The largest absolute Gasteiger partial charge is 0.369 e. The molecule has 0 spiro atoms. The van der Waals surface area contributed by atoms with Crippen LogP contribution < -0.4 is 10.2 Å². The van der Waals surface area contributed by atoms with Gasteiger partial charge in [-0.1, -0.05) is 6.07 Å². The second-order valence-electron chi connectivity index (χ2n) is 10.0. The molecule has 1 N–H and O–H groups in total. The fraction of sp³-hybridized carbons (Fsp3) is 0.500. The number of hydrogen-bond acceptors (Lipinski definition) is 5. The lowest BCUT2D eigenvalue weighted by Crippen LogP contribution is -2.47. The fourth-order valence-electron chi connectivity index (χ4n) is 5.06. The number of nitrogens with one attached hydrogen (secondary N) is 1. The molecule has 1 saturated heterocycles. The Hall–Kier alpha value is -2.93. The topological polar surface area (TPSA) is 66.3 Å². The lowest BCUT2D eigenvalue weighted by molar-refractivity contribution is 0.102. The third kappa shape index (κ3) is 4.22. The number of anilines is 2. The minimum Gasteiger partial charge on any atom is -0.369 e. The molecular weight excluding hydrogens is 412 g/mol. The first-order valence-electron chi connectivity index (χ1n) is 12.3. The molecule has 3 fully saturated rings. The average molecular weight is 445 g/mol. The Kier molecular flexibility index (Phi) is 5.09. The van der Waals surface area contributed by atoms with Gasteiger partial charge in [0.25, 0.3) is 5.91 Å². The summed E-state index contributed by atoms with van der Waals surface area (Å²) in [4.78, 5) is 23.3. The van der Waals surface area contributed by atoms with E-state index in [1.807, 2.05) is 32.2 Å². The summed E-state index contributed by atoms with van der Waals surface area (Å²) in [5.74, 6) is 1.32. The molecule has 3 heterocycles. The van der Waals surface area contributed by atoms with Crippen molar-refractivity contribution in [2.75, 3.05) is 42.9 Å². The van der Waals surface area contributed by atoms with E-state index in [0.717, 1.165) is 73.0 Å². The SMILES string of the molecule is Cc1nn(C)c2nc(C3CC3)cc(C(=O)Nc3cccc(N4CCN(CC5CC5)CC4)c3)c12. The summed E-state index contributed by atoms with van der Waals surface area (Å²) in [7, 11) is 1.90. The Morgan fingerprint density at radius 1 is 1.09 bits per heavy atom. The highest BCUT2D eigenvalue weighted by Crippen LogP contribution is 2.40. The molecule has 0 unspecified atom stereocenters. The Balaban J connectivity index is 1.21. The van der Waals surface area contributed by atoms with Gasteiger partial charge in [0.2, 0.25) is 0 Å². The zero-order valence-corrected chi connectivity index (χ0v) is 19.5. The Bertz CT molecular complexity index is 1200. The van der Waals surface area contributed by atoms with Gasteiger partial charge in [0.1, 0.15) is 0 Å². The number of benzene rings is 1. The molecule has 1 aromatic carbocycles. The van der Waals surface area contributed by atoms with Crippen LogP contribution >= 0.6 is 0 Å². The van der Waals surface area contributed by atoms with Gasteiger partial charge in [0.15, 0.2) is 5.65 Å². The first kappa shape index (κ1) is 20.7. The summed E-state index contributed by atoms with van der Waals surface area (Å²) in [6.07, 6.45) is 5.11. The summed E-state index contributed by atoms with van der Waals surface area (Å²) in [5, 5.41) is 8.53. The molecule has 7 heteroatoms. The molecule has 2 aliphatic carbocycles. The molecule has 3 aromatic rings. The van der Waals surface area contributed by atoms with Crippen molar-refractivity contribution in [2.24, 2.45) is 13.0 Å². The zero-order valence-electron chi connectivity index (χ0n) is 19.5. The number of nitrogens with zero attached hydrogens (tertiary/aromatic N) is 5. The highest BCUT2D eigenvalue weighted by molar-refractivity contribution is 6.12. The first-order valence-corrected chi connectivity index (χ1v) is 12.3. The molecule has 6 rings (SSSR count). The second kappa shape index (κ2) is 8.13. The van der Waals surface area contributed by atoms with Gasteiger partial charge < -0.3 is 10.2 Å². The molecule has 0 radical (unpaired) electrons. The maximum Gasteiger partial charge on any atom is 0.256 e. The fourth-order valence-corrected chi connectivity index (χ4v) is 5.06. The maximum atomic E-state index is 13.4. The van der Waals surface area contributed by atoms with Crippen molar-refractivity contribution < 1.29 is 4.79 Å². The van der Waals surface area contributed by atoms with Crippen molar-refractivity contribution >= 4 is 28.3 Å². The number of amides is 1. The van der Waals surface area contributed by atoms with E-state index in [-0.39, 0.29) is 5.91 Å². The van der Waals surface area contributed by atoms with Gasteiger partial charge in [0.05, 0.1) is 16.6 Å². The summed E-state index contributed by atoms with van der Waals surface area (Å²) >= 11 is 0. The van der Waals surface area contributed by atoms with E-state index in [0.29, 0.717) is 11.5 Å². The lowest BCUT2D eigenvalue weighted by Gasteiger charge is -2.36. The summed E-state index contributed by atoms with van der Waals surface area (Å²) in [6.45, 7) is 7.52. The van der Waals surface area contributed by atoms with Crippen LogP contribution in [0.15, 0.2) is 30.3 Å². The quantitative estimate of drug-likeness (QED) is 0.624. The number of rotatable bonds is 6. The molecule has 2 saturated carbocycles. The molecule has 7 nitrogen and oxygen atoms in total. The average Bonchev–Trinajstić information content (AvgIpc) is 3.74. The van der Waals surface area contributed by atoms with Crippen molar-refractivity contribution in [3.63, 3.8) is 0 Å². The first-order chi connectivity index (χ1) is 16.0. The van der Waals surface area contributed by atoms with Crippen LogP contribution in [-0.4, -0.2) is 58.3 Å². The van der Waals surface area contributed by atoms with Crippen molar-refractivity contribution in [2.45, 2.75) is 38.5 Å². The van der Waals surface area contributed by atoms with Crippen LogP contribution in [0.1, 0.15) is 53.3 Å². The molecular formula is C26H32N6O. The van der Waals surface area contributed by atoms with E-state index in [2.05, 4.69) is 32.3 Å². The van der Waals surface area contributed by atoms with Crippen LogP contribution in [0.4, 0.5) is 11.4 Å². The van der Waals surface area contributed by atoms with E-state index >= 15 is 0 Å². The van der Waals surface area contributed by atoms with Gasteiger partial charge >= 0.3 is 0 Å². The van der Waals surface area contributed by atoms with Crippen molar-refractivity contribution in [1.82, 2.24) is 19.7 Å². The lowest BCUT2D eigenvalue weighted by atomic mass is 10.1. The number of carbonyl (C=O) groups excluding carboxylic acids is 1. The van der Waals surface area contributed by atoms with Crippen LogP contribution in [0.25, 0.3) is 11.0 Å². The van der Waals surface area contributed by atoms with Gasteiger partial charge in [-0.05, 0) is 62.8 Å².